The molecule has 1 aliphatic rings. The van der Waals surface area contributed by atoms with Crippen molar-refractivity contribution in [2.45, 2.75) is 13.1 Å². The zero-order valence-electron chi connectivity index (χ0n) is 20.9. The molecule has 0 spiro atoms. The van der Waals surface area contributed by atoms with Gasteiger partial charge in [0.1, 0.15) is 5.57 Å². The van der Waals surface area contributed by atoms with Gasteiger partial charge in [0, 0.05) is 6.07 Å². The summed E-state index contributed by atoms with van der Waals surface area (Å²) >= 11 is 18.3. The number of hydrogen-bond acceptors (Lipinski definition) is 7. The van der Waals surface area contributed by atoms with E-state index in [0.29, 0.717) is 17.0 Å². The van der Waals surface area contributed by atoms with E-state index in [1.807, 2.05) is 5.32 Å². The number of rotatable bonds is 7. The number of barbiturate groups is 1. The highest BCUT2D eigenvalue weighted by molar-refractivity contribution is 6.43. The SMILES string of the molecule is CCOc1cc(/C=C2\C(=O)NC(=O)N(c3ccc(Cl)c(Cl)c3)C2=O)cc(Cl)c1Oc1ccc(C(F)(F)F)cc1[N+](=O)[O-]. The topological polar surface area (TPSA) is 128 Å². The summed E-state index contributed by atoms with van der Waals surface area (Å²) in [5, 5.41) is 13.5. The summed E-state index contributed by atoms with van der Waals surface area (Å²) in [6.07, 6.45) is -3.73. The molecule has 0 aromatic heterocycles. The molecule has 0 bridgehead atoms. The molecule has 1 saturated heterocycles. The van der Waals surface area contributed by atoms with E-state index in [9.17, 15) is 37.7 Å². The maximum Gasteiger partial charge on any atom is 0.416 e. The molecule has 0 radical (unpaired) electrons. The van der Waals surface area contributed by atoms with Crippen molar-refractivity contribution in [2.24, 2.45) is 0 Å². The molecule has 3 aromatic carbocycles. The fraction of sp³-hybridized carbons (Fsp3) is 0.115. The Balaban J connectivity index is 1.74. The maximum absolute atomic E-state index is 13.2. The number of nitro benzene ring substituents is 1. The minimum Gasteiger partial charge on any atom is -0.490 e. The first-order valence-corrected chi connectivity index (χ1v) is 12.7. The van der Waals surface area contributed by atoms with E-state index in [-0.39, 0.29) is 44.4 Å². The Morgan fingerprint density at radius 2 is 1.69 bits per heavy atom. The largest absolute Gasteiger partial charge is 0.490 e. The average Bonchev–Trinajstić information content (AvgIpc) is 2.90. The van der Waals surface area contributed by atoms with Crippen molar-refractivity contribution in [3.63, 3.8) is 0 Å². The highest BCUT2D eigenvalue weighted by Crippen LogP contribution is 2.44. The van der Waals surface area contributed by atoms with Gasteiger partial charge in [0.05, 0.1) is 37.8 Å². The molecule has 0 aliphatic carbocycles. The van der Waals surface area contributed by atoms with Crippen LogP contribution in [0.3, 0.4) is 0 Å². The number of halogens is 6. The third-order valence-electron chi connectivity index (χ3n) is 5.60. The number of amides is 4. The highest BCUT2D eigenvalue weighted by atomic mass is 35.5. The number of anilines is 1. The van der Waals surface area contributed by atoms with Gasteiger partial charge in [0.2, 0.25) is 5.75 Å². The van der Waals surface area contributed by atoms with Crippen LogP contribution >= 0.6 is 34.8 Å². The van der Waals surface area contributed by atoms with Gasteiger partial charge in [0.25, 0.3) is 11.8 Å². The first kappa shape index (κ1) is 30.6. The van der Waals surface area contributed by atoms with E-state index < -0.39 is 51.5 Å². The molecular weight excluding hydrogens is 630 g/mol. The zero-order chi connectivity index (χ0) is 30.9. The molecule has 0 atom stereocenters. The molecule has 4 amide bonds. The summed E-state index contributed by atoms with van der Waals surface area (Å²) in [7, 11) is 0. The van der Waals surface area contributed by atoms with Crippen LogP contribution in [0.5, 0.6) is 17.2 Å². The first-order valence-electron chi connectivity index (χ1n) is 11.6. The summed E-state index contributed by atoms with van der Waals surface area (Å²) in [6.45, 7) is 1.61. The number of nitro groups is 1. The molecule has 0 saturated carbocycles. The molecular formula is C26H15Cl3F3N3O7. The number of hydrogen-bond donors (Lipinski definition) is 1. The fourth-order valence-electron chi connectivity index (χ4n) is 3.75. The summed E-state index contributed by atoms with van der Waals surface area (Å²) in [5.41, 5.74) is -2.58. The van der Waals surface area contributed by atoms with Crippen molar-refractivity contribution in [3.05, 3.63) is 90.4 Å². The highest BCUT2D eigenvalue weighted by Gasteiger charge is 2.37. The number of alkyl halides is 3. The second-order valence-corrected chi connectivity index (χ2v) is 9.58. The average molecular weight is 645 g/mol. The van der Waals surface area contributed by atoms with Gasteiger partial charge in [-0.2, -0.15) is 13.2 Å². The van der Waals surface area contributed by atoms with E-state index in [2.05, 4.69) is 0 Å². The molecule has 3 aromatic rings. The Bertz CT molecular complexity index is 1680. The van der Waals surface area contributed by atoms with Gasteiger partial charge in [-0.05, 0) is 61.0 Å². The van der Waals surface area contributed by atoms with E-state index in [4.69, 9.17) is 44.3 Å². The van der Waals surface area contributed by atoms with Crippen LogP contribution in [0, 0.1) is 10.1 Å². The fourth-order valence-corrected chi connectivity index (χ4v) is 4.30. The minimum atomic E-state index is -4.84. The Labute approximate surface area is 249 Å². The maximum atomic E-state index is 13.2. The number of nitrogens with zero attached hydrogens (tertiary/aromatic N) is 2. The van der Waals surface area contributed by atoms with Crippen LogP contribution in [-0.2, 0) is 15.8 Å². The predicted molar refractivity (Wildman–Crippen MR) is 146 cm³/mol. The molecule has 1 heterocycles. The van der Waals surface area contributed by atoms with Crippen molar-refractivity contribution in [2.75, 3.05) is 11.5 Å². The molecule has 0 unspecified atom stereocenters. The van der Waals surface area contributed by atoms with E-state index >= 15 is 0 Å². The Morgan fingerprint density at radius 1 is 0.976 bits per heavy atom. The van der Waals surface area contributed by atoms with Crippen LogP contribution in [0.4, 0.5) is 29.3 Å². The van der Waals surface area contributed by atoms with Crippen LogP contribution in [0.1, 0.15) is 18.1 Å². The third kappa shape index (κ3) is 6.27. The Morgan fingerprint density at radius 3 is 2.31 bits per heavy atom. The molecule has 1 fully saturated rings. The molecule has 16 heteroatoms. The quantitative estimate of drug-likeness (QED) is 0.123. The van der Waals surface area contributed by atoms with E-state index in [1.54, 1.807) is 6.92 Å². The van der Waals surface area contributed by atoms with Crippen LogP contribution < -0.4 is 19.7 Å². The number of urea groups is 1. The molecule has 42 heavy (non-hydrogen) atoms. The van der Waals surface area contributed by atoms with Gasteiger partial charge in [-0.25, -0.2) is 9.69 Å². The molecule has 4 rings (SSSR count). The second-order valence-electron chi connectivity index (χ2n) is 8.36. The lowest BCUT2D eigenvalue weighted by Gasteiger charge is -2.26. The molecule has 1 aliphatic heterocycles. The standard InChI is InChI=1S/C26H15Cl3F3N3O7/c1-2-41-21-9-12(7-15-23(36)33-25(38)34(24(15)37)14-4-5-16(27)17(28)11-14)8-18(29)22(21)42-20-6-3-13(26(30,31)32)10-19(20)35(39)40/h3-11H,2H2,1H3,(H,33,36,38)/b15-7+. The van der Waals surface area contributed by atoms with Gasteiger partial charge < -0.3 is 9.47 Å². The van der Waals surface area contributed by atoms with Crippen molar-refractivity contribution >= 4 is 70.1 Å². The zero-order valence-corrected chi connectivity index (χ0v) is 23.2. The van der Waals surface area contributed by atoms with Crippen LogP contribution in [0.15, 0.2) is 54.1 Å². The summed E-state index contributed by atoms with van der Waals surface area (Å²) in [4.78, 5) is 49.4. The number of imide groups is 2. The normalized spacial score (nSPS) is 14.7. The van der Waals surface area contributed by atoms with Crippen molar-refractivity contribution < 1.29 is 42.0 Å². The van der Waals surface area contributed by atoms with Crippen molar-refractivity contribution in [1.82, 2.24) is 5.32 Å². The van der Waals surface area contributed by atoms with Gasteiger partial charge >= 0.3 is 17.9 Å². The van der Waals surface area contributed by atoms with Crippen LogP contribution in [0.2, 0.25) is 15.1 Å². The Kier molecular flexibility index (Phi) is 8.66. The first-order chi connectivity index (χ1) is 19.7. The van der Waals surface area contributed by atoms with Gasteiger partial charge in [0.15, 0.2) is 11.5 Å². The Hall–Kier alpha value is -4.33. The lowest BCUT2D eigenvalue weighted by Crippen LogP contribution is -2.54. The lowest BCUT2D eigenvalue weighted by atomic mass is 10.1. The molecule has 1 N–H and O–H groups in total. The summed E-state index contributed by atoms with van der Waals surface area (Å²) < 4.78 is 50.3. The van der Waals surface area contributed by atoms with Crippen LogP contribution in [0.25, 0.3) is 6.08 Å². The second kappa shape index (κ2) is 11.9. The summed E-state index contributed by atoms with van der Waals surface area (Å²) in [6, 6.07) is 7.09. The monoisotopic (exact) mass is 643 g/mol. The van der Waals surface area contributed by atoms with Gasteiger partial charge in [-0.1, -0.05) is 34.8 Å². The number of ether oxygens (including phenoxy) is 2. The third-order valence-corrected chi connectivity index (χ3v) is 6.62. The smallest absolute Gasteiger partial charge is 0.416 e. The molecule has 218 valence electrons. The number of nitrogens with one attached hydrogen (secondary N) is 1. The van der Waals surface area contributed by atoms with E-state index in [1.165, 1.54) is 30.3 Å². The van der Waals surface area contributed by atoms with Crippen LogP contribution in [-0.4, -0.2) is 29.4 Å². The number of carbonyl (C=O) groups excluding carboxylic acids is 3. The van der Waals surface area contributed by atoms with Crippen molar-refractivity contribution in [3.8, 4) is 17.2 Å². The predicted octanol–water partition coefficient (Wildman–Crippen LogP) is 7.43. The summed E-state index contributed by atoms with van der Waals surface area (Å²) in [5.74, 6) is -2.98. The van der Waals surface area contributed by atoms with E-state index in [0.717, 1.165) is 12.1 Å². The lowest BCUT2D eigenvalue weighted by molar-refractivity contribution is -0.385. The van der Waals surface area contributed by atoms with Gasteiger partial charge in [-0.3, -0.25) is 25.0 Å². The number of benzene rings is 3. The minimum absolute atomic E-state index is 0.0280. The van der Waals surface area contributed by atoms with Gasteiger partial charge in [-0.15, -0.1) is 0 Å². The molecule has 10 nitrogen and oxygen atoms in total. The number of carbonyl (C=O) groups is 3. The van der Waals surface area contributed by atoms with Crippen molar-refractivity contribution in [1.29, 1.82) is 0 Å².